The lowest BCUT2D eigenvalue weighted by Crippen LogP contribution is -2.33. The Hall–Kier alpha value is -1.40. The lowest BCUT2D eigenvalue weighted by Gasteiger charge is -2.15. The zero-order valence-electron chi connectivity index (χ0n) is 9.93. The van der Waals surface area contributed by atoms with Crippen molar-refractivity contribution in [2.24, 2.45) is 0 Å². The van der Waals surface area contributed by atoms with E-state index in [1.807, 2.05) is 0 Å². The summed E-state index contributed by atoms with van der Waals surface area (Å²) in [5.41, 5.74) is -0.273. The van der Waals surface area contributed by atoms with Crippen LogP contribution in [0.4, 0.5) is 0 Å². The summed E-state index contributed by atoms with van der Waals surface area (Å²) < 4.78 is 12.1. The van der Waals surface area contributed by atoms with E-state index in [0.29, 0.717) is 12.2 Å². The second-order valence-corrected chi connectivity index (χ2v) is 4.22. The van der Waals surface area contributed by atoms with Gasteiger partial charge in [0.05, 0.1) is 12.7 Å². The number of ether oxygens (including phenoxy) is 2. The van der Waals surface area contributed by atoms with Crippen LogP contribution in [-0.2, 0) is 9.47 Å². The van der Waals surface area contributed by atoms with Gasteiger partial charge in [-0.25, -0.2) is 4.79 Å². The average Bonchev–Trinajstić information content (AvgIpc) is 2.72. The minimum Gasteiger partial charge on any atom is -0.382 e. The number of nitrogens with one attached hydrogen (secondary N) is 1. The number of hydrogen-bond donors (Lipinski definition) is 1. The zero-order chi connectivity index (χ0) is 12.4. The molecule has 1 fully saturated rings. The van der Waals surface area contributed by atoms with Gasteiger partial charge in [0.1, 0.15) is 6.23 Å². The molecule has 1 aromatic heterocycles. The van der Waals surface area contributed by atoms with Crippen LogP contribution < -0.4 is 11.2 Å². The number of methoxy groups -OCH3 is 1. The highest BCUT2D eigenvalue weighted by molar-refractivity contribution is 5.01. The van der Waals surface area contributed by atoms with Crippen molar-refractivity contribution in [2.75, 3.05) is 13.7 Å². The number of aryl methyl sites for hydroxylation is 1. The van der Waals surface area contributed by atoms with Gasteiger partial charge in [0, 0.05) is 18.9 Å². The molecular formula is C11H16N2O4. The van der Waals surface area contributed by atoms with Gasteiger partial charge >= 0.3 is 5.69 Å². The third-order valence-corrected chi connectivity index (χ3v) is 2.89. The predicted molar refractivity (Wildman–Crippen MR) is 61.1 cm³/mol. The van der Waals surface area contributed by atoms with E-state index >= 15 is 0 Å². The first-order chi connectivity index (χ1) is 8.11. The van der Waals surface area contributed by atoms with Crippen LogP contribution in [0.15, 0.2) is 15.8 Å². The molecule has 1 aliphatic heterocycles. The third-order valence-electron chi connectivity index (χ3n) is 2.89. The van der Waals surface area contributed by atoms with Crippen LogP contribution in [0.1, 0.15) is 24.6 Å². The Balaban J connectivity index is 2.22. The number of H-pyrrole nitrogens is 1. The fraction of sp³-hybridized carbons (Fsp3) is 0.636. The summed E-state index contributed by atoms with van der Waals surface area (Å²) in [5.74, 6) is 0. The van der Waals surface area contributed by atoms with Crippen molar-refractivity contribution in [3.8, 4) is 0 Å². The fourth-order valence-electron chi connectivity index (χ4n) is 2.00. The maximum atomic E-state index is 11.6. The second-order valence-electron chi connectivity index (χ2n) is 4.22. The number of nitrogens with zero attached hydrogens (tertiary/aromatic N) is 1. The van der Waals surface area contributed by atoms with E-state index in [4.69, 9.17) is 9.47 Å². The molecule has 0 spiro atoms. The molecule has 1 aliphatic rings. The molecule has 2 heterocycles. The van der Waals surface area contributed by atoms with Crippen LogP contribution in [0.5, 0.6) is 0 Å². The highest BCUT2D eigenvalue weighted by atomic mass is 16.5. The number of rotatable bonds is 3. The molecule has 17 heavy (non-hydrogen) atoms. The second kappa shape index (κ2) is 4.85. The van der Waals surface area contributed by atoms with E-state index < -0.39 is 5.69 Å². The summed E-state index contributed by atoms with van der Waals surface area (Å²) in [4.78, 5) is 25.2. The molecule has 1 N–H and O–H groups in total. The first-order valence-electron chi connectivity index (χ1n) is 5.58. The standard InChI is InChI=1S/C11H16N2O4/c1-7-5-13(11(15)12-10(7)14)9-4-3-8(17-9)6-16-2/h5,8-9H,3-4,6H2,1-2H3,(H,12,14,15). The molecule has 94 valence electrons. The van der Waals surface area contributed by atoms with Crippen molar-refractivity contribution in [3.63, 3.8) is 0 Å². The Kier molecular flexibility index (Phi) is 3.44. The van der Waals surface area contributed by atoms with Gasteiger partial charge in [-0.05, 0) is 19.8 Å². The molecule has 1 aromatic rings. The Morgan fingerprint density at radius 2 is 2.29 bits per heavy atom. The van der Waals surface area contributed by atoms with Crippen LogP contribution in [0, 0.1) is 6.92 Å². The lowest BCUT2D eigenvalue weighted by molar-refractivity contribution is -0.0336. The van der Waals surface area contributed by atoms with Crippen LogP contribution in [-0.4, -0.2) is 29.4 Å². The van der Waals surface area contributed by atoms with E-state index in [1.54, 1.807) is 20.2 Å². The lowest BCUT2D eigenvalue weighted by atomic mass is 10.2. The minimum absolute atomic E-state index is 0.0177. The van der Waals surface area contributed by atoms with Crippen LogP contribution in [0.25, 0.3) is 0 Å². The number of hydrogen-bond acceptors (Lipinski definition) is 4. The molecule has 0 radical (unpaired) electrons. The van der Waals surface area contributed by atoms with E-state index in [1.165, 1.54) is 4.57 Å². The largest absolute Gasteiger partial charge is 0.382 e. The average molecular weight is 240 g/mol. The van der Waals surface area contributed by atoms with Crippen molar-refractivity contribution in [3.05, 3.63) is 32.6 Å². The van der Waals surface area contributed by atoms with Crippen molar-refractivity contribution in [2.45, 2.75) is 32.1 Å². The smallest absolute Gasteiger partial charge is 0.330 e. The van der Waals surface area contributed by atoms with Crippen molar-refractivity contribution < 1.29 is 9.47 Å². The molecule has 0 saturated carbocycles. The third kappa shape index (κ3) is 2.48. The summed E-state index contributed by atoms with van der Waals surface area (Å²) in [5, 5.41) is 0. The van der Waals surface area contributed by atoms with Gasteiger partial charge in [-0.15, -0.1) is 0 Å². The number of aromatic amines is 1. The highest BCUT2D eigenvalue weighted by Crippen LogP contribution is 2.26. The Bertz CT molecular complexity index is 505. The Morgan fingerprint density at radius 1 is 1.53 bits per heavy atom. The van der Waals surface area contributed by atoms with Gasteiger partial charge in [-0.3, -0.25) is 14.3 Å². The fourth-order valence-corrected chi connectivity index (χ4v) is 2.00. The summed E-state index contributed by atoms with van der Waals surface area (Å²) in [6, 6.07) is 0. The molecule has 6 heteroatoms. The molecular weight excluding hydrogens is 224 g/mol. The monoisotopic (exact) mass is 240 g/mol. The van der Waals surface area contributed by atoms with Crippen LogP contribution >= 0.6 is 0 Å². The zero-order valence-corrected chi connectivity index (χ0v) is 9.93. The first kappa shape index (κ1) is 12.1. The maximum Gasteiger partial charge on any atom is 0.330 e. The van der Waals surface area contributed by atoms with Crippen LogP contribution in [0.2, 0.25) is 0 Å². The molecule has 0 aromatic carbocycles. The molecule has 2 rings (SSSR count). The van der Waals surface area contributed by atoms with Gasteiger partial charge in [-0.2, -0.15) is 0 Å². The molecule has 0 bridgehead atoms. The van der Waals surface area contributed by atoms with Crippen molar-refractivity contribution in [1.82, 2.24) is 9.55 Å². The summed E-state index contributed by atoms with van der Waals surface area (Å²) in [6.07, 6.45) is 2.85. The van der Waals surface area contributed by atoms with E-state index in [-0.39, 0.29) is 17.9 Å². The maximum absolute atomic E-state index is 11.6. The van der Waals surface area contributed by atoms with Crippen molar-refractivity contribution in [1.29, 1.82) is 0 Å². The van der Waals surface area contributed by atoms with Crippen molar-refractivity contribution >= 4 is 0 Å². The summed E-state index contributed by atoms with van der Waals surface area (Å²) in [7, 11) is 1.62. The molecule has 1 saturated heterocycles. The molecule has 0 aliphatic carbocycles. The minimum atomic E-state index is -0.427. The van der Waals surface area contributed by atoms with E-state index in [9.17, 15) is 9.59 Å². The first-order valence-corrected chi connectivity index (χ1v) is 5.58. The summed E-state index contributed by atoms with van der Waals surface area (Å²) >= 11 is 0. The molecule has 0 amide bonds. The number of aromatic nitrogens is 2. The van der Waals surface area contributed by atoms with E-state index in [2.05, 4.69) is 4.98 Å². The van der Waals surface area contributed by atoms with Gasteiger partial charge < -0.3 is 9.47 Å². The normalized spacial score (nSPS) is 24.1. The van der Waals surface area contributed by atoms with Gasteiger partial charge in [-0.1, -0.05) is 0 Å². The Morgan fingerprint density at radius 3 is 3.00 bits per heavy atom. The van der Waals surface area contributed by atoms with Gasteiger partial charge in [0.2, 0.25) is 0 Å². The SMILES string of the molecule is COCC1CCC(n2cc(C)c(=O)[nH]c2=O)O1. The topological polar surface area (TPSA) is 73.3 Å². The van der Waals surface area contributed by atoms with Crippen LogP contribution in [0.3, 0.4) is 0 Å². The molecule has 6 nitrogen and oxygen atoms in total. The Labute approximate surface area is 98.2 Å². The van der Waals surface area contributed by atoms with Gasteiger partial charge in [0.25, 0.3) is 5.56 Å². The predicted octanol–water partition coefficient (Wildman–Crippen LogP) is 0.169. The quantitative estimate of drug-likeness (QED) is 0.817. The van der Waals surface area contributed by atoms with E-state index in [0.717, 1.165) is 12.8 Å². The molecule has 2 unspecified atom stereocenters. The highest BCUT2D eigenvalue weighted by Gasteiger charge is 2.27. The molecule has 2 atom stereocenters. The summed E-state index contributed by atoms with van der Waals surface area (Å²) in [6.45, 7) is 2.18. The van der Waals surface area contributed by atoms with Gasteiger partial charge in [0.15, 0.2) is 0 Å².